The summed E-state index contributed by atoms with van der Waals surface area (Å²) in [6.45, 7) is 16.7. The Hall–Kier alpha value is -5.62. The first-order chi connectivity index (χ1) is 23.1. The molecule has 0 bridgehead atoms. The highest BCUT2D eigenvalue weighted by Crippen LogP contribution is 2.50. The summed E-state index contributed by atoms with van der Waals surface area (Å²) in [5.41, 5.74) is 12.6. The molecule has 7 aromatic rings. The van der Waals surface area contributed by atoms with Crippen LogP contribution in [0.5, 0.6) is 0 Å². The van der Waals surface area contributed by atoms with Crippen LogP contribution in [-0.2, 0) is 0 Å². The van der Waals surface area contributed by atoms with Gasteiger partial charge in [0.1, 0.15) is 0 Å². The lowest BCUT2D eigenvalue weighted by molar-refractivity contribution is 1.01. The molecule has 0 N–H and O–H groups in total. The monoisotopic (exact) mass is 628 g/mol. The molecule has 0 amide bonds. The molecular formula is C42H40N6. The van der Waals surface area contributed by atoms with Gasteiger partial charge in [0, 0.05) is 55.7 Å². The molecule has 0 saturated carbocycles. The molecule has 7 rings (SSSR count). The summed E-state index contributed by atoms with van der Waals surface area (Å²) in [5.74, 6) is 1.28. The van der Waals surface area contributed by atoms with Gasteiger partial charge >= 0.3 is 0 Å². The van der Waals surface area contributed by atoms with E-state index in [9.17, 15) is 0 Å². The van der Waals surface area contributed by atoms with Gasteiger partial charge in [0.05, 0.1) is 11.4 Å². The predicted octanol–water partition coefficient (Wildman–Crippen LogP) is 11.0. The summed E-state index contributed by atoms with van der Waals surface area (Å²) in [5, 5.41) is 4.30. The van der Waals surface area contributed by atoms with Crippen LogP contribution in [0.1, 0.15) is 45.0 Å². The molecule has 2 aromatic heterocycles. The molecule has 238 valence electrons. The molecule has 0 fully saturated rings. The van der Waals surface area contributed by atoms with E-state index in [2.05, 4.69) is 122 Å². The molecule has 2 heterocycles. The van der Waals surface area contributed by atoms with E-state index >= 15 is 0 Å². The number of rotatable bonds is 6. The maximum absolute atomic E-state index is 5.03. The van der Waals surface area contributed by atoms with Crippen LogP contribution >= 0.6 is 0 Å². The first-order valence-electron chi connectivity index (χ1n) is 16.4. The molecule has 6 heteroatoms. The van der Waals surface area contributed by atoms with Gasteiger partial charge in [0.2, 0.25) is 11.9 Å². The summed E-state index contributed by atoms with van der Waals surface area (Å²) < 4.78 is 0. The summed E-state index contributed by atoms with van der Waals surface area (Å²) in [4.78, 5) is 24.6. The van der Waals surface area contributed by atoms with Crippen molar-refractivity contribution >= 4 is 56.2 Å². The van der Waals surface area contributed by atoms with Gasteiger partial charge in [-0.05, 0) is 114 Å². The lowest BCUT2D eigenvalue weighted by Crippen LogP contribution is -2.18. The van der Waals surface area contributed by atoms with Gasteiger partial charge in [-0.2, -0.15) is 0 Å². The molecule has 0 saturated heterocycles. The fourth-order valence-electron chi connectivity index (χ4n) is 6.60. The second-order valence-electron chi connectivity index (χ2n) is 12.9. The first kappa shape index (κ1) is 31.0. The Morgan fingerprint density at radius 3 is 0.958 bits per heavy atom. The van der Waals surface area contributed by atoms with E-state index in [0.29, 0.717) is 11.9 Å². The van der Waals surface area contributed by atoms with Crippen molar-refractivity contribution in [3.63, 3.8) is 0 Å². The number of aryl methyl sites for hydroxylation is 8. The van der Waals surface area contributed by atoms with Crippen molar-refractivity contribution in [3.8, 4) is 0 Å². The molecule has 0 aliphatic carbocycles. The molecule has 0 atom stereocenters. The molecule has 6 nitrogen and oxygen atoms in total. The highest BCUT2D eigenvalue weighted by molar-refractivity contribution is 6.23. The highest BCUT2D eigenvalue weighted by atomic mass is 15.3. The van der Waals surface area contributed by atoms with Crippen molar-refractivity contribution in [2.45, 2.75) is 55.4 Å². The Labute approximate surface area is 282 Å². The van der Waals surface area contributed by atoms with E-state index in [-0.39, 0.29) is 0 Å². The number of fused-ring (bicyclic) bond motifs is 2. The van der Waals surface area contributed by atoms with E-state index < -0.39 is 0 Å². The second kappa shape index (κ2) is 12.2. The van der Waals surface area contributed by atoms with Crippen LogP contribution in [0.15, 0.2) is 97.1 Å². The SMILES string of the molecule is Cc1cc(C)nc(N(c2ccc(C)c(C)c2)c2c3ccccc3c(N(c3ccc(C)c(C)c3)c3nc(C)cc(C)n3)c3ccccc23)n1. The van der Waals surface area contributed by atoms with Gasteiger partial charge in [-0.15, -0.1) is 0 Å². The van der Waals surface area contributed by atoms with Gasteiger partial charge in [-0.25, -0.2) is 19.9 Å². The molecule has 5 aromatic carbocycles. The van der Waals surface area contributed by atoms with E-state index in [1.165, 1.54) is 22.3 Å². The zero-order valence-electron chi connectivity index (χ0n) is 28.9. The van der Waals surface area contributed by atoms with E-state index in [1.54, 1.807) is 0 Å². The largest absolute Gasteiger partial charge is 0.278 e. The molecule has 0 aliphatic heterocycles. The summed E-state index contributed by atoms with van der Waals surface area (Å²) in [7, 11) is 0. The van der Waals surface area contributed by atoms with E-state index in [1.807, 2.05) is 39.8 Å². The molecule has 0 radical (unpaired) electrons. The summed E-state index contributed by atoms with van der Waals surface area (Å²) >= 11 is 0. The highest BCUT2D eigenvalue weighted by Gasteiger charge is 2.28. The standard InChI is InChI=1S/C42H40N6/c1-25-17-19-33(21-27(25)3)47(41-43-29(5)23-30(6)44-41)39-35-13-9-11-15-37(35)40(38-16-12-10-14-36(38)39)48(34-20-18-26(2)28(4)22-34)42-45-31(7)24-32(8)46-42/h9-24H,1-8H3. The number of hydrogen-bond donors (Lipinski definition) is 0. The maximum Gasteiger partial charge on any atom is 0.235 e. The van der Waals surface area contributed by atoms with Crippen molar-refractivity contribution in [2.24, 2.45) is 0 Å². The predicted molar refractivity (Wildman–Crippen MR) is 200 cm³/mol. The third-order valence-electron chi connectivity index (χ3n) is 9.16. The summed E-state index contributed by atoms with van der Waals surface area (Å²) in [6, 6.07) is 34.5. The van der Waals surface area contributed by atoms with Crippen LogP contribution in [0, 0.1) is 55.4 Å². The maximum atomic E-state index is 5.03. The molecule has 0 aliphatic rings. The van der Waals surface area contributed by atoms with Crippen LogP contribution in [0.4, 0.5) is 34.6 Å². The number of nitrogens with zero attached hydrogens (tertiary/aromatic N) is 6. The minimum Gasteiger partial charge on any atom is -0.278 e. The van der Waals surface area contributed by atoms with Crippen LogP contribution in [0.2, 0.25) is 0 Å². The van der Waals surface area contributed by atoms with Crippen LogP contribution < -0.4 is 9.80 Å². The molecule has 0 unspecified atom stereocenters. The second-order valence-corrected chi connectivity index (χ2v) is 12.9. The van der Waals surface area contributed by atoms with Crippen molar-refractivity contribution in [3.05, 3.63) is 142 Å². The Balaban J connectivity index is 1.64. The topological polar surface area (TPSA) is 58.0 Å². The average molecular weight is 629 g/mol. The third-order valence-corrected chi connectivity index (χ3v) is 9.16. The lowest BCUT2D eigenvalue weighted by atomic mass is 9.95. The molecule has 48 heavy (non-hydrogen) atoms. The van der Waals surface area contributed by atoms with Crippen molar-refractivity contribution in [2.75, 3.05) is 9.80 Å². The first-order valence-corrected chi connectivity index (χ1v) is 16.4. The number of aromatic nitrogens is 4. The third kappa shape index (κ3) is 5.53. The molecular weight excluding hydrogens is 589 g/mol. The molecule has 0 spiro atoms. The van der Waals surface area contributed by atoms with Crippen LogP contribution in [0.3, 0.4) is 0 Å². The zero-order chi connectivity index (χ0) is 33.7. The quantitative estimate of drug-likeness (QED) is 0.135. The van der Waals surface area contributed by atoms with E-state index in [4.69, 9.17) is 19.9 Å². The van der Waals surface area contributed by atoms with Crippen LogP contribution in [0.25, 0.3) is 21.5 Å². The number of anilines is 6. The number of benzene rings is 5. The fourth-order valence-corrected chi connectivity index (χ4v) is 6.60. The van der Waals surface area contributed by atoms with Gasteiger partial charge in [-0.3, -0.25) is 9.80 Å². The Bertz CT molecular complexity index is 2100. The normalized spacial score (nSPS) is 11.3. The van der Waals surface area contributed by atoms with Gasteiger partial charge in [0.25, 0.3) is 0 Å². The van der Waals surface area contributed by atoms with Gasteiger partial charge < -0.3 is 0 Å². The minimum atomic E-state index is 0.641. The fraction of sp³-hybridized carbons (Fsp3) is 0.190. The zero-order valence-corrected chi connectivity index (χ0v) is 28.9. The average Bonchev–Trinajstić information content (AvgIpc) is 3.04. The van der Waals surface area contributed by atoms with Gasteiger partial charge in [-0.1, -0.05) is 60.7 Å². The smallest absolute Gasteiger partial charge is 0.235 e. The van der Waals surface area contributed by atoms with E-state index in [0.717, 1.165) is 67.1 Å². The summed E-state index contributed by atoms with van der Waals surface area (Å²) in [6.07, 6.45) is 0. The van der Waals surface area contributed by atoms with Crippen LogP contribution in [-0.4, -0.2) is 19.9 Å². The van der Waals surface area contributed by atoms with Crippen molar-refractivity contribution in [1.29, 1.82) is 0 Å². The number of hydrogen-bond acceptors (Lipinski definition) is 6. The lowest BCUT2D eigenvalue weighted by Gasteiger charge is -2.31. The Morgan fingerprint density at radius 1 is 0.354 bits per heavy atom. The Morgan fingerprint density at radius 2 is 0.667 bits per heavy atom. The van der Waals surface area contributed by atoms with Crippen molar-refractivity contribution in [1.82, 2.24) is 19.9 Å². The Kier molecular flexibility index (Phi) is 7.88. The van der Waals surface area contributed by atoms with Crippen molar-refractivity contribution < 1.29 is 0 Å². The van der Waals surface area contributed by atoms with Gasteiger partial charge in [0.15, 0.2) is 0 Å². The minimum absolute atomic E-state index is 0.641.